The molecule has 30 heavy (non-hydrogen) atoms. The third-order valence-electron chi connectivity index (χ3n) is 7.01. The minimum absolute atomic E-state index is 0.814. The quantitative estimate of drug-likeness (QED) is 0.724. The maximum absolute atomic E-state index is 5.02. The number of piperazine rings is 1. The third-order valence-corrected chi connectivity index (χ3v) is 7.01. The van der Waals surface area contributed by atoms with Crippen LogP contribution in [0.25, 0.3) is 22.3 Å². The normalized spacial score (nSPS) is 20.7. The number of nitrogens with zero attached hydrogens (tertiary/aromatic N) is 6. The molecule has 2 aliphatic heterocycles. The molecule has 7 heteroatoms. The van der Waals surface area contributed by atoms with Crippen molar-refractivity contribution in [3.05, 3.63) is 36.4 Å². The number of nitrogens with one attached hydrogen (secondary N) is 1. The second kappa shape index (κ2) is 7.63. The summed E-state index contributed by atoms with van der Waals surface area (Å²) >= 11 is 0. The second-order valence-corrected chi connectivity index (χ2v) is 8.75. The Bertz CT molecular complexity index is 1050. The Morgan fingerprint density at radius 1 is 0.933 bits per heavy atom. The number of rotatable bonds is 3. The molecular weight excluding hydrogens is 374 g/mol. The van der Waals surface area contributed by atoms with Crippen molar-refractivity contribution in [3.63, 3.8) is 0 Å². The average Bonchev–Trinajstić information content (AvgIpc) is 2.99. The number of hydrogen-bond donors (Lipinski definition) is 1. The molecule has 7 nitrogen and oxygen atoms in total. The topological polar surface area (TPSA) is 62.1 Å². The SMILES string of the molecule is c1cc2c(cc1-c1cncc(N3CCNCC3)n1)nc1n2CCN(C2CCC2)CC1. The van der Waals surface area contributed by atoms with Crippen LogP contribution in [0.2, 0.25) is 0 Å². The van der Waals surface area contributed by atoms with Crippen LogP contribution in [-0.2, 0) is 13.0 Å². The van der Waals surface area contributed by atoms with E-state index in [0.717, 1.165) is 80.9 Å². The summed E-state index contributed by atoms with van der Waals surface area (Å²) in [6.07, 6.45) is 8.93. The average molecular weight is 404 g/mol. The molecule has 4 heterocycles. The van der Waals surface area contributed by atoms with Crippen LogP contribution in [0, 0.1) is 0 Å². The largest absolute Gasteiger partial charge is 0.353 e. The van der Waals surface area contributed by atoms with E-state index in [1.807, 2.05) is 12.4 Å². The fourth-order valence-corrected chi connectivity index (χ4v) is 5.02. The standard InChI is InChI=1S/C23H29N7/c1-2-18(3-1)28-9-6-22-26-19-14-17(4-5-21(19)30(22)13-12-28)20-15-25-16-23(27-20)29-10-7-24-8-11-29/h4-5,14-16,18,24H,1-3,6-13H2. The van der Waals surface area contributed by atoms with E-state index in [4.69, 9.17) is 9.97 Å². The van der Waals surface area contributed by atoms with Gasteiger partial charge < -0.3 is 14.8 Å². The van der Waals surface area contributed by atoms with Gasteiger partial charge in [0.15, 0.2) is 0 Å². The van der Waals surface area contributed by atoms with Crippen molar-refractivity contribution < 1.29 is 0 Å². The summed E-state index contributed by atoms with van der Waals surface area (Å²) < 4.78 is 2.43. The predicted molar refractivity (Wildman–Crippen MR) is 119 cm³/mol. The van der Waals surface area contributed by atoms with Crippen LogP contribution in [0.15, 0.2) is 30.6 Å². The van der Waals surface area contributed by atoms with Gasteiger partial charge in [-0.3, -0.25) is 9.88 Å². The molecule has 0 spiro atoms. The van der Waals surface area contributed by atoms with Crippen LogP contribution in [0.3, 0.4) is 0 Å². The zero-order chi connectivity index (χ0) is 19.9. The van der Waals surface area contributed by atoms with Gasteiger partial charge in [0.2, 0.25) is 0 Å². The summed E-state index contributed by atoms with van der Waals surface area (Å²) in [5, 5.41) is 3.39. The zero-order valence-electron chi connectivity index (χ0n) is 17.4. The lowest BCUT2D eigenvalue weighted by molar-refractivity contribution is 0.130. The molecule has 1 saturated heterocycles. The molecule has 0 unspecified atom stereocenters. The second-order valence-electron chi connectivity index (χ2n) is 8.75. The first-order chi connectivity index (χ1) is 14.8. The van der Waals surface area contributed by atoms with E-state index in [-0.39, 0.29) is 0 Å². The van der Waals surface area contributed by atoms with Gasteiger partial charge in [-0.15, -0.1) is 0 Å². The lowest BCUT2D eigenvalue weighted by Gasteiger charge is -2.36. The Hall–Kier alpha value is -2.51. The Labute approximate surface area is 177 Å². The fourth-order valence-electron chi connectivity index (χ4n) is 5.02. The number of hydrogen-bond acceptors (Lipinski definition) is 6. The molecule has 1 saturated carbocycles. The zero-order valence-corrected chi connectivity index (χ0v) is 17.4. The van der Waals surface area contributed by atoms with Gasteiger partial charge in [0.05, 0.1) is 29.1 Å². The molecule has 2 fully saturated rings. The van der Waals surface area contributed by atoms with Gasteiger partial charge >= 0.3 is 0 Å². The first kappa shape index (κ1) is 18.3. The highest BCUT2D eigenvalue weighted by Crippen LogP contribution is 2.29. The smallest absolute Gasteiger partial charge is 0.147 e. The third kappa shape index (κ3) is 3.26. The molecule has 2 aromatic heterocycles. The van der Waals surface area contributed by atoms with Crippen molar-refractivity contribution >= 4 is 16.9 Å². The molecule has 3 aromatic rings. The summed E-state index contributed by atoms with van der Waals surface area (Å²) in [5.74, 6) is 2.19. The molecule has 0 radical (unpaired) electrons. The van der Waals surface area contributed by atoms with Gasteiger partial charge in [-0.1, -0.05) is 12.5 Å². The highest BCUT2D eigenvalue weighted by molar-refractivity contribution is 5.82. The lowest BCUT2D eigenvalue weighted by atomic mass is 9.91. The number of aromatic nitrogens is 4. The molecule has 1 N–H and O–H groups in total. The number of fused-ring (bicyclic) bond motifs is 3. The minimum atomic E-state index is 0.814. The van der Waals surface area contributed by atoms with E-state index >= 15 is 0 Å². The Morgan fingerprint density at radius 3 is 2.67 bits per heavy atom. The molecule has 0 amide bonds. The number of benzene rings is 1. The lowest BCUT2D eigenvalue weighted by Crippen LogP contribution is -2.43. The highest BCUT2D eigenvalue weighted by Gasteiger charge is 2.27. The molecule has 0 atom stereocenters. The molecule has 1 aliphatic carbocycles. The summed E-state index contributed by atoms with van der Waals surface area (Å²) in [6.45, 7) is 7.26. The van der Waals surface area contributed by atoms with Crippen LogP contribution in [-0.4, -0.2) is 69.7 Å². The predicted octanol–water partition coefficient (Wildman–Crippen LogP) is 2.31. The Kier molecular flexibility index (Phi) is 4.65. The van der Waals surface area contributed by atoms with Gasteiger partial charge in [0.1, 0.15) is 11.6 Å². The van der Waals surface area contributed by atoms with Crippen molar-refractivity contribution in [3.8, 4) is 11.3 Å². The van der Waals surface area contributed by atoms with E-state index in [0.29, 0.717) is 0 Å². The Balaban J connectivity index is 1.28. The van der Waals surface area contributed by atoms with Gasteiger partial charge in [0, 0.05) is 63.8 Å². The first-order valence-electron chi connectivity index (χ1n) is 11.4. The van der Waals surface area contributed by atoms with Crippen LogP contribution >= 0.6 is 0 Å². The Morgan fingerprint density at radius 2 is 1.83 bits per heavy atom. The fraction of sp³-hybridized carbons (Fsp3) is 0.522. The first-order valence-corrected chi connectivity index (χ1v) is 11.4. The molecule has 156 valence electrons. The van der Waals surface area contributed by atoms with Gasteiger partial charge in [-0.05, 0) is 25.0 Å². The minimum Gasteiger partial charge on any atom is -0.353 e. The van der Waals surface area contributed by atoms with Gasteiger partial charge in [-0.2, -0.15) is 0 Å². The molecule has 6 rings (SSSR count). The van der Waals surface area contributed by atoms with E-state index in [1.54, 1.807) is 0 Å². The number of anilines is 1. The van der Waals surface area contributed by atoms with Gasteiger partial charge in [0.25, 0.3) is 0 Å². The highest BCUT2D eigenvalue weighted by atomic mass is 15.2. The molecular formula is C23H29N7. The summed E-state index contributed by atoms with van der Waals surface area (Å²) in [5.41, 5.74) is 4.34. The number of imidazole rings is 1. The van der Waals surface area contributed by atoms with Crippen molar-refractivity contribution in [2.75, 3.05) is 44.2 Å². The van der Waals surface area contributed by atoms with E-state index in [1.165, 1.54) is 30.6 Å². The molecule has 1 aromatic carbocycles. The van der Waals surface area contributed by atoms with E-state index < -0.39 is 0 Å². The maximum atomic E-state index is 5.02. The van der Waals surface area contributed by atoms with Crippen molar-refractivity contribution in [1.29, 1.82) is 0 Å². The van der Waals surface area contributed by atoms with Crippen LogP contribution in [0.1, 0.15) is 25.1 Å². The van der Waals surface area contributed by atoms with Crippen molar-refractivity contribution in [2.24, 2.45) is 0 Å². The maximum Gasteiger partial charge on any atom is 0.147 e. The van der Waals surface area contributed by atoms with Crippen molar-refractivity contribution in [2.45, 2.75) is 38.3 Å². The van der Waals surface area contributed by atoms with E-state index in [9.17, 15) is 0 Å². The van der Waals surface area contributed by atoms with Crippen LogP contribution < -0.4 is 10.2 Å². The van der Waals surface area contributed by atoms with Gasteiger partial charge in [-0.25, -0.2) is 9.97 Å². The van der Waals surface area contributed by atoms with E-state index in [2.05, 4.69) is 42.9 Å². The monoisotopic (exact) mass is 403 g/mol. The molecule has 3 aliphatic rings. The summed E-state index contributed by atoms with van der Waals surface area (Å²) in [4.78, 5) is 19.4. The summed E-state index contributed by atoms with van der Waals surface area (Å²) in [7, 11) is 0. The van der Waals surface area contributed by atoms with Crippen LogP contribution in [0.5, 0.6) is 0 Å². The molecule has 0 bridgehead atoms. The van der Waals surface area contributed by atoms with Crippen molar-refractivity contribution in [1.82, 2.24) is 29.7 Å². The summed E-state index contributed by atoms with van der Waals surface area (Å²) in [6, 6.07) is 7.40. The van der Waals surface area contributed by atoms with Crippen LogP contribution in [0.4, 0.5) is 5.82 Å².